The smallest absolute Gasteiger partial charge is 0.162 e. The minimum Gasteiger partial charge on any atom is -0.330 e. The van der Waals surface area contributed by atoms with Gasteiger partial charge in [0.15, 0.2) is 11.6 Å². The third-order valence-electron chi connectivity index (χ3n) is 2.64. The highest BCUT2D eigenvalue weighted by atomic mass is 19.2. The average Bonchev–Trinajstić information content (AvgIpc) is 2.38. The van der Waals surface area contributed by atoms with Crippen molar-refractivity contribution in [2.75, 3.05) is 6.54 Å². The molecular weight excluding hydrogens is 255 g/mol. The SMILES string of the molecule is CCC(CN)c1cc(F)cc(F)c1F.CCCC=O. The maximum absolute atomic E-state index is 13.2. The molecule has 0 aromatic heterocycles. The molecule has 0 saturated carbocycles. The van der Waals surface area contributed by atoms with Crippen LogP contribution < -0.4 is 5.73 Å². The van der Waals surface area contributed by atoms with E-state index in [4.69, 9.17) is 5.73 Å². The standard InChI is InChI=1S/C10H12F3N.C4H8O/c1-2-6(5-14)8-3-7(11)4-9(12)10(8)13;1-2-3-4-5/h3-4,6H,2,5,14H2,1H3;4H,2-3H2,1H3. The summed E-state index contributed by atoms with van der Waals surface area (Å²) in [6.45, 7) is 3.95. The van der Waals surface area contributed by atoms with E-state index >= 15 is 0 Å². The number of nitrogens with two attached hydrogens (primary N) is 1. The number of carbonyl (C=O) groups is 1. The Morgan fingerprint density at radius 3 is 2.26 bits per heavy atom. The molecule has 19 heavy (non-hydrogen) atoms. The lowest BCUT2D eigenvalue weighted by molar-refractivity contribution is -0.107. The highest BCUT2D eigenvalue weighted by Crippen LogP contribution is 2.24. The molecule has 0 aliphatic heterocycles. The summed E-state index contributed by atoms with van der Waals surface area (Å²) in [5.74, 6) is -3.26. The van der Waals surface area contributed by atoms with Gasteiger partial charge in [0.2, 0.25) is 0 Å². The zero-order valence-corrected chi connectivity index (χ0v) is 11.3. The van der Waals surface area contributed by atoms with Gasteiger partial charge in [-0.2, -0.15) is 0 Å². The van der Waals surface area contributed by atoms with Gasteiger partial charge >= 0.3 is 0 Å². The molecule has 108 valence electrons. The first-order chi connectivity index (χ1) is 9.01. The summed E-state index contributed by atoms with van der Waals surface area (Å²) in [7, 11) is 0. The summed E-state index contributed by atoms with van der Waals surface area (Å²) in [6.07, 6.45) is 3.17. The number of hydrogen-bond donors (Lipinski definition) is 1. The normalized spacial score (nSPS) is 11.5. The topological polar surface area (TPSA) is 43.1 Å². The summed E-state index contributed by atoms with van der Waals surface area (Å²) in [4.78, 5) is 9.40. The first-order valence-corrected chi connectivity index (χ1v) is 6.29. The highest BCUT2D eigenvalue weighted by molar-refractivity contribution is 5.48. The molecule has 0 aliphatic carbocycles. The quantitative estimate of drug-likeness (QED) is 0.659. The molecule has 1 rings (SSSR count). The average molecular weight is 275 g/mol. The molecule has 1 atom stereocenters. The van der Waals surface area contributed by atoms with Crippen LogP contribution in [0.25, 0.3) is 0 Å². The minimum absolute atomic E-state index is 0.0208. The molecule has 0 spiro atoms. The third kappa shape index (κ3) is 5.87. The predicted octanol–water partition coefficient (Wildman–Crippen LogP) is 3.54. The van der Waals surface area contributed by atoms with E-state index in [1.54, 1.807) is 6.92 Å². The first kappa shape index (κ1) is 17.6. The Morgan fingerprint density at radius 2 is 1.89 bits per heavy atom. The van der Waals surface area contributed by atoms with Crippen molar-refractivity contribution in [1.82, 2.24) is 0 Å². The van der Waals surface area contributed by atoms with Crippen LogP contribution in [0.5, 0.6) is 0 Å². The van der Waals surface area contributed by atoms with E-state index in [0.717, 1.165) is 18.8 Å². The molecule has 0 fully saturated rings. The monoisotopic (exact) mass is 275 g/mol. The fourth-order valence-corrected chi connectivity index (χ4v) is 1.50. The molecule has 0 heterocycles. The lowest BCUT2D eigenvalue weighted by Gasteiger charge is -2.13. The van der Waals surface area contributed by atoms with Gasteiger partial charge in [-0.15, -0.1) is 0 Å². The number of aldehydes is 1. The molecule has 0 bridgehead atoms. The van der Waals surface area contributed by atoms with Crippen LogP contribution in [0.1, 0.15) is 44.6 Å². The number of halogens is 3. The van der Waals surface area contributed by atoms with Crippen LogP contribution >= 0.6 is 0 Å². The van der Waals surface area contributed by atoms with E-state index in [1.165, 1.54) is 0 Å². The van der Waals surface area contributed by atoms with Gasteiger partial charge in [0.05, 0.1) is 0 Å². The Morgan fingerprint density at radius 1 is 1.26 bits per heavy atom. The molecule has 2 N–H and O–H groups in total. The molecule has 1 aromatic rings. The maximum Gasteiger partial charge on any atom is 0.162 e. The van der Waals surface area contributed by atoms with Crippen molar-refractivity contribution < 1.29 is 18.0 Å². The maximum atomic E-state index is 13.2. The van der Waals surface area contributed by atoms with E-state index in [1.807, 2.05) is 6.92 Å². The number of benzene rings is 1. The second kappa shape index (κ2) is 9.55. The molecule has 5 heteroatoms. The zero-order valence-electron chi connectivity index (χ0n) is 11.3. The molecule has 0 aliphatic rings. The van der Waals surface area contributed by atoms with Gasteiger partial charge in [-0.25, -0.2) is 13.2 Å². The van der Waals surface area contributed by atoms with Gasteiger partial charge in [-0.3, -0.25) is 0 Å². The summed E-state index contributed by atoms with van der Waals surface area (Å²) in [6, 6.07) is 1.53. The van der Waals surface area contributed by atoms with Gasteiger partial charge in [-0.1, -0.05) is 13.8 Å². The summed E-state index contributed by atoms with van der Waals surface area (Å²) >= 11 is 0. The van der Waals surface area contributed by atoms with Crippen molar-refractivity contribution in [3.8, 4) is 0 Å². The largest absolute Gasteiger partial charge is 0.330 e. The highest BCUT2D eigenvalue weighted by Gasteiger charge is 2.17. The van der Waals surface area contributed by atoms with Crippen molar-refractivity contribution in [3.63, 3.8) is 0 Å². The lowest BCUT2D eigenvalue weighted by Crippen LogP contribution is -2.14. The predicted molar refractivity (Wildman–Crippen MR) is 69.4 cm³/mol. The van der Waals surface area contributed by atoms with Crippen molar-refractivity contribution in [1.29, 1.82) is 0 Å². The van der Waals surface area contributed by atoms with Crippen LogP contribution in [0.2, 0.25) is 0 Å². The van der Waals surface area contributed by atoms with Gasteiger partial charge < -0.3 is 10.5 Å². The van der Waals surface area contributed by atoms with E-state index in [2.05, 4.69) is 0 Å². The van der Waals surface area contributed by atoms with E-state index in [0.29, 0.717) is 18.9 Å². The Kier molecular flexibility index (Phi) is 8.87. The van der Waals surface area contributed by atoms with Crippen molar-refractivity contribution in [3.05, 3.63) is 35.1 Å². The van der Waals surface area contributed by atoms with E-state index < -0.39 is 17.5 Å². The molecule has 1 unspecified atom stereocenters. The fraction of sp³-hybridized carbons (Fsp3) is 0.500. The second-order valence-corrected chi connectivity index (χ2v) is 4.09. The van der Waals surface area contributed by atoms with Crippen LogP contribution in [0.4, 0.5) is 13.2 Å². The Bertz CT molecular complexity index is 393. The summed E-state index contributed by atoms with van der Waals surface area (Å²) in [5.41, 5.74) is 5.39. The molecular formula is C14H20F3NO. The lowest BCUT2D eigenvalue weighted by atomic mass is 9.96. The Balaban J connectivity index is 0.000000555. The summed E-state index contributed by atoms with van der Waals surface area (Å²) < 4.78 is 38.8. The van der Waals surface area contributed by atoms with Crippen LogP contribution in [-0.4, -0.2) is 12.8 Å². The number of hydrogen-bond acceptors (Lipinski definition) is 2. The number of carbonyl (C=O) groups excluding carboxylic acids is 1. The van der Waals surface area contributed by atoms with E-state index in [9.17, 15) is 18.0 Å². The van der Waals surface area contributed by atoms with Crippen LogP contribution in [0.15, 0.2) is 12.1 Å². The van der Waals surface area contributed by atoms with Crippen molar-refractivity contribution >= 4 is 6.29 Å². The molecule has 1 aromatic carbocycles. The Labute approximate surface area is 111 Å². The minimum atomic E-state index is -1.16. The molecule has 0 amide bonds. The number of rotatable bonds is 5. The fourth-order valence-electron chi connectivity index (χ4n) is 1.50. The van der Waals surface area contributed by atoms with Crippen LogP contribution in [0, 0.1) is 17.5 Å². The van der Waals surface area contributed by atoms with Gasteiger partial charge in [0.25, 0.3) is 0 Å². The molecule has 0 saturated heterocycles. The first-order valence-electron chi connectivity index (χ1n) is 6.29. The zero-order chi connectivity index (χ0) is 14.8. The molecule has 0 radical (unpaired) electrons. The van der Waals surface area contributed by atoms with E-state index in [-0.39, 0.29) is 18.0 Å². The van der Waals surface area contributed by atoms with Crippen molar-refractivity contribution in [2.24, 2.45) is 5.73 Å². The third-order valence-corrected chi connectivity index (χ3v) is 2.64. The van der Waals surface area contributed by atoms with Gasteiger partial charge in [0.1, 0.15) is 12.1 Å². The van der Waals surface area contributed by atoms with Crippen molar-refractivity contribution in [2.45, 2.75) is 39.0 Å². The second-order valence-electron chi connectivity index (χ2n) is 4.09. The number of unbranched alkanes of at least 4 members (excludes halogenated alkanes) is 1. The van der Waals surface area contributed by atoms with Crippen LogP contribution in [0.3, 0.4) is 0 Å². The molecule has 2 nitrogen and oxygen atoms in total. The Hall–Kier alpha value is -1.36. The summed E-state index contributed by atoms with van der Waals surface area (Å²) in [5, 5.41) is 0. The van der Waals surface area contributed by atoms with Crippen LogP contribution in [-0.2, 0) is 4.79 Å². The van der Waals surface area contributed by atoms with Gasteiger partial charge in [0, 0.05) is 12.5 Å². The van der Waals surface area contributed by atoms with Gasteiger partial charge in [-0.05, 0) is 36.9 Å².